The molecule has 9 nitrogen and oxygen atoms in total. The van der Waals surface area contributed by atoms with E-state index in [9.17, 15) is 20.4 Å². The van der Waals surface area contributed by atoms with E-state index in [2.05, 4.69) is 50.1 Å². The average molecular weight is 477 g/mol. The number of ether oxygens (including phenoxy) is 3. The molecule has 1 unspecified atom stereocenters. The Morgan fingerprint density at radius 2 is 1.79 bits per heavy atom. The summed E-state index contributed by atoms with van der Waals surface area (Å²) in [5.41, 5.74) is 4.14. The maximum atomic E-state index is 10.5. The number of aromatic nitrogens is 2. The van der Waals surface area contributed by atoms with Crippen LogP contribution in [0.3, 0.4) is 0 Å². The third kappa shape index (κ3) is 5.00. The van der Waals surface area contributed by atoms with Gasteiger partial charge >= 0.3 is 0 Å². The molecule has 188 valence electrons. The van der Waals surface area contributed by atoms with Crippen molar-refractivity contribution >= 4 is 0 Å². The van der Waals surface area contributed by atoms with Gasteiger partial charge in [0.2, 0.25) is 12.2 Å². The zero-order valence-electron chi connectivity index (χ0n) is 20.2. The highest BCUT2D eigenvalue weighted by molar-refractivity contribution is 5.38. The van der Waals surface area contributed by atoms with Gasteiger partial charge in [0.25, 0.3) is 0 Å². The third-order valence-electron chi connectivity index (χ3n) is 6.77. The van der Waals surface area contributed by atoms with Gasteiger partial charge in [-0.1, -0.05) is 45.0 Å². The second kappa shape index (κ2) is 9.93. The molecule has 9 heteroatoms. The van der Waals surface area contributed by atoms with Crippen molar-refractivity contribution < 1.29 is 34.6 Å². The maximum Gasteiger partial charge on any atom is 0.239 e. The Morgan fingerprint density at radius 1 is 1.09 bits per heavy atom. The lowest BCUT2D eigenvalue weighted by molar-refractivity contribution is -0.278. The van der Waals surface area contributed by atoms with Gasteiger partial charge in [0.05, 0.1) is 19.3 Å². The fourth-order valence-electron chi connectivity index (χ4n) is 4.50. The van der Waals surface area contributed by atoms with Crippen LogP contribution in [0.4, 0.5) is 0 Å². The number of aliphatic hydroxyl groups is 4. The highest BCUT2D eigenvalue weighted by Crippen LogP contribution is 2.33. The van der Waals surface area contributed by atoms with Crippen LogP contribution in [0.5, 0.6) is 5.88 Å². The van der Waals surface area contributed by atoms with Crippen LogP contribution in [-0.4, -0.2) is 80.7 Å². The molecule has 2 saturated heterocycles. The monoisotopic (exact) mass is 476 g/mol. The molecule has 3 heterocycles. The van der Waals surface area contributed by atoms with E-state index >= 15 is 0 Å². The van der Waals surface area contributed by atoms with Gasteiger partial charge < -0.3 is 34.6 Å². The number of hydrogen-bond donors (Lipinski definition) is 4. The van der Waals surface area contributed by atoms with Crippen LogP contribution in [0.25, 0.3) is 0 Å². The Morgan fingerprint density at radius 3 is 2.38 bits per heavy atom. The Bertz CT molecular complexity index is 961. The zero-order chi connectivity index (χ0) is 24.6. The molecular weight excluding hydrogens is 440 g/mol. The van der Waals surface area contributed by atoms with E-state index in [-0.39, 0.29) is 17.3 Å². The molecule has 34 heavy (non-hydrogen) atoms. The molecule has 4 rings (SSSR count). The number of benzene rings is 1. The van der Waals surface area contributed by atoms with Crippen LogP contribution in [0.1, 0.15) is 55.6 Å². The normalized spacial score (nSPS) is 30.0. The minimum atomic E-state index is -1.52. The number of rotatable bonds is 6. The molecule has 2 aliphatic heterocycles. The first-order chi connectivity index (χ1) is 16.1. The molecule has 1 aromatic heterocycles. The summed E-state index contributed by atoms with van der Waals surface area (Å²) in [6.07, 6.45) is -5.43. The maximum absolute atomic E-state index is 10.5. The van der Waals surface area contributed by atoms with E-state index in [1.165, 1.54) is 5.56 Å². The zero-order valence-corrected chi connectivity index (χ0v) is 20.2. The predicted octanol–water partition coefficient (Wildman–Crippen LogP) is 1.22. The first kappa shape index (κ1) is 25.1. The van der Waals surface area contributed by atoms with Gasteiger partial charge in [0, 0.05) is 24.3 Å². The Kier molecular flexibility index (Phi) is 7.33. The average Bonchev–Trinajstić information content (AvgIpc) is 3.43. The quantitative estimate of drug-likeness (QED) is 0.490. The molecule has 2 fully saturated rings. The van der Waals surface area contributed by atoms with E-state index in [0.29, 0.717) is 19.6 Å². The third-order valence-corrected chi connectivity index (χ3v) is 6.77. The molecule has 0 amide bonds. The van der Waals surface area contributed by atoms with Crippen molar-refractivity contribution in [2.45, 2.75) is 82.7 Å². The topological polar surface area (TPSA) is 126 Å². The number of nitrogens with zero attached hydrogens (tertiary/aromatic N) is 2. The van der Waals surface area contributed by atoms with Crippen molar-refractivity contribution in [1.82, 2.24) is 9.78 Å². The summed E-state index contributed by atoms with van der Waals surface area (Å²) in [6, 6.07) is 8.51. The van der Waals surface area contributed by atoms with Crippen LogP contribution >= 0.6 is 0 Å². The molecular formula is C25H36N2O7. The second-order valence-electron chi connectivity index (χ2n) is 10.3. The molecule has 0 bridgehead atoms. The van der Waals surface area contributed by atoms with Gasteiger partial charge in [-0.2, -0.15) is 0 Å². The van der Waals surface area contributed by atoms with Crippen molar-refractivity contribution in [3.8, 4) is 5.88 Å². The van der Waals surface area contributed by atoms with Gasteiger partial charge in [-0.25, -0.2) is 0 Å². The molecule has 2 aromatic rings. The van der Waals surface area contributed by atoms with Gasteiger partial charge in [0.1, 0.15) is 24.4 Å². The molecule has 0 spiro atoms. The number of aliphatic hydroxyl groups excluding tert-OH is 4. The largest absolute Gasteiger partial charge is 0.443 e. The minimum Gasteiger partial charge on any atom is -0.443 e. The SMILES string of the molecule is Cc1c(Cc2ccc(C(C)(C)C)cc2)c(O[C@@H]2O[C@H](CO)[C@@H](O)[C@H](O)[C@H]2O)nn1C1CCOC1. The number of hydrogen-bond acceptors (Lipinski definition) is 8. The van der Waals surface area contributed by atoms with Crippen LogP contribution < -0.4 is 4.74 Å². The summed E-state index contributed by atoms with van der Waals surface area (Å²) in [5, 5.41) is 44.9. The molecule has 4 N–H and O–H groups in total. The molecule has 6 atom stereocenters. The first-order valence-electron chi connectivity index (χ1n) is 11.8. The van der Waals surface area contributed by atoms with Crippen molar-refractivity contribution in [3.05, 3.63) is 46.6 Å². The lowest BCUT2D eigenvalue weighted by Crippen LogP contribution is -2.60. The highest BCUT2D eigenvalue weighted by Gasteiger charge is 2.45. The van der Waals surface area contributed by atoms with Crippen LogP contribution in [0.15, 0.2) is 24.3 Å². The van der Waals surface area contributed by atoms with Crippen LogP contribution in [-0.2, 0) is 21.3 Å². The van der Waals surface area contributed by atoms with E-state index in [0.717, 1.165) is 23.2 Å². The van der Waals surface area contributed by atoms with Crippen LogP contribution in [0.2, 0.25) is 0 Å². The summed E-state index contributed by atoms with van der Waals surface area (Å²) in [5.74, 6) is 0.286. The van der Waals surface area contributed by atoms with Crippen LogP contribution in [0, 0.1) is 6.92 Å². The van der Waals surface area contributed by atoms with E-state index in [1.807, 2.05) is 11.6 Å². The standard InChI is InChI=1S/C25H36N2O7/c1-14-18(11-15-5-7-16(8-6-15)25(2,3)4)23(26-27(14)17-9-10-32-13-17)34-24-22(31)21(30)20(29)19(12-28)33-24/h5-8,17,19-22,24,28-31H,9-13H2,1-4H3/t17?,19-,20-,21+,22-,24+/m1/s1. The smallest absolute Gasteiger partial charge is 0.239 e. The first-order valence-corrected chi connectivity index (χ1v) is 11.8. The Balaban J connectivity index is 1.64. The fourth-order valence-corrected chi connectivity index (χ4v) is 4.50. The van der Waals surface area contributed by atoms with E-state index in [1.54, 1.807) is 0 Å². The lowest BCUT2D eigenvalue weighted by atomic mass is 9.86. The predicted molar refractivity (Wildman–Crippen MR) is 124 cm³/mol. The second-order valence-corrected chi connectivity index (χ2v) is 10.3. The lowest BCUT2D eigenvalue weighted by Gasteiger charge is -2.39. The van der Waals surface area contributed by atoms with Gasteiger partial charge in [-0.3, -0.25) is 4.68 Å². The summed E-state index contributed by atoms with van der Waals surface area (Å²) >= 11 is 0. The molecule has 0 radical (unpaired) electrons. The summed E-state index contributed by atoms with van der Waals surface area (Å²) in [7, 11) is 0. The molecule has 2 aliphatic rings. The Labute approximate surface area is 199 Å². The fraction of sp³-hybridized carbons (Fsp3) is 0.640. The summed E-state index contributed by atoms with van der Waals surface area (Å²) in [6.45, 7) is 9.19. The van der Waals surface area contributed by atoms with E-state index < -0.39 is 37.3 Å². The Hall–Kier alpha value is -2.01. The molecule has 0 saturated carbocycles. The van der Waals surface area contributed by atoms with Crippen molar-refractivity contribution in [2.75, 3.05) is 19.8 Å². The van der Waals surface area contributed by atoms with Crippen molar-refractivity contribution in [2.24, 2.45) is 0 Å². The van der Waals surface area contributed by atoms with Gasteiger partial charge in [-0.05, 0) is 29.9 Å². The van der Waals surface area contributed by atoms with Gasteiger partial charge in [-0.15, -0.1) is 5.10 Å². The minimum absolute atomic E-state index is 0.0547. The molecule has 1 aromatic carbocycles. The van der Waals surface area contributed by atoms with E-state index in [4.69, 9.17) is 14.2 Å². The van der Waals surface area contributed by atoms with Gasteiger partial charge in [0.15, 0.2) is 0 Å². The highest BCUT2D eigenvalue weighted by atomic mass is 16.7. The molecule has 0 aliphatic carbocycles. The summed E-state index contributed by atoms with van der Waals surface area (Å²) in [4.78, 5) is 0. The van der Waals surface area contributed by atoms with Crippen molar-refractivity contribution in [1.29, 1.82) is 0 Å². The van der Waals surface area contributed by atoms with Crippen molar-refractivity contribution in [3.63, 3.8) is 0 Å². The summed E-state index contributed by atoms with van der Waals surface area (Å²) < 4.78 is 19.0.